The first-order chi connectivity index (χ1) is 10.2. The molecule has 0 unspecified atom stereocenters. The second kappa shape index (κ2) is 6.10. The van der Waals surface area contributed by atoms with Crippen LogP contribution in [0, 0.1) is 0 Å². The van der Waals surface area contributed by atoms with Crippen LogP contribution in [0.2, 0.25) is 0 Å². The Morgan fingerprint density at radius 3 is 2.67 bits per heavy atom. The van der Waals surface area contributed by atoms with E-state index in [4.69, 9.17) is 9.47 Å². The monoisotopic (exact) mass is 302 g/mol. The summed E-state index contributed by atoms with van der Waals surface area (Å²) >= 11 is 1.58. The van der Waals surface area contributed by atoms with Crippen molar-refractivity contribution in [2.24, 2.45) is 0 Å². The Labute approximate surface area is 126 Å². The molecule has 0 radical (unpaired) electrons. The molecule has 1 N–H and O–H groups in total. The van der Waals surface area contributed by atoms with Crippen LogP contribution in [0.15, 0.2) is 47.4 Å². The highest BCUT2D eigenvalue weighted by Crippen LogP contribution is 2.35. The fraction of sp³-hybridized carbons (Fsp3) is 0.188. The van der Waals surface area contributed by atoms with E-state index in [1.54, 1.807) is 23.9 Å². The number of benzene rings is 2. The van der Waals surface area contributed by atoms with Gasteiger partial charge < -0.3 is 14.6 Å². The summed E-state index contributed by atoms with van der Waals surface area (Å²) in [4.78, 5) is 12.2. The van der Waals surface area contributed by atoms with E-state index in [9.17, 15) is 9.90 Å². The topological polar surface area (TPSA) is 55.8 Å². The summed E-state index contributed by atoms with van der Waals surface area (Å²) in [7, 11) is 0. The lowest BCUT2D eigenvalue weighted by Gasteiger charge is -2.18. The zero-order valence-electron chi connectivity index (χ0n) is 11.2. The molecule has 21 heavy (non-hydrogen) atoms. The van der Waals surface area contributed by atoms with Gasteiger partial charge in [-0.25, -0.2) is 4.79 Å². The maximum absolute atomic E-state index is 11.2. The van der Waals surface area contributed by atoms with Crippen LogP contribution in [-0.2, 0) is 5.75 Å². The van der Waals surface area contributed by atoms with Gasteiger partial charge in [0.2, 0.25) is 0 Å². The quantitative estimate of drug-likeness (QED) is 0.877. The maximum Gasteiger partial charge on any atom is 0.335 e. The van der Waals surface area contributed by atoms with Gasteiger partial charge in [-0.1, -0.05) is 18.2 Å². The standard InChI is InChI=1S/C16H14O4S/c17-16(18)13-4-2-1-3-11(13)10-21-12-5-6-14-15(9-12)20-8-7-19-14/h1-6,9H,7-8,10H2,(H,17,18). The third-order valence-electron chi connectivity index (χ3n) is 3.16. The van der Waals surface area contributed by atoms with Crippen LogP contribution in [0.5, 0.6) is 11.5 Å². The Balaban J connectivity index is 1.75. The van der Waals surface area contributed by atoms with E-state index in [2.05, 4.69) is 0 Å². The van der Waals surface area contributed by atoms with E-state index >= 15 is 0 Å². The summed E-state index contributed by atoms with van der Waals surface area (Å²) in [5.41, 5.74) is 1.16. The number of aromatic carboxylic acids is 1. The van der Waals surface area contributed by atoms with Crippen molar-refractivity contribution in [2.45, 2.75) is 10.6 Å². The summed E-state index contributed by atoms with van der Waals surface area (Å²) in [6.45, 7) is 1.13. The Morgan fingerprint density at radius 1 is 1.10 bits per heavy atom. The molecule has 0 bridgehead atoms. The average molecular weight is 302 g/mol. The molecule has 0 amide bonds. The molecule has 0 aromatic heterocycles. The van der Waals surface area contributed by atoms with Gasteiger partial charge in [0.15, 0.2) is 11.5 Å². The van der Waals surface area contributed by atoms with Gasteiger partial charge >= 0.3 is 5.97 Å². The SMILES string of the molecule is O=C(O)c1ccccc1CSc1ccc2c(c1)OCCO2. The van der Waals surface area contributed by atoms with Gasteiger partial charge in [0.1, 0.15) is 13.2 Å². The molecule has 0 spiro atoms. The Hall–Kier alpha value is -2.14. The normalized spacial score (nSPS) is 13.0. The molecular formula is C16H14O4S. The maximum atomic E-state index is 11.2. The molecule has 0 aliphatic carbocycles. The van der Waals surface area contributed by atoms with Crippen LogP contribution in [0.3, 0.4) is 0 Å². The molecule has 1 aliphatic heterocycles. The number of carboxylic acid groups (broad SMARTS) is 1. The average Bonchev–Trinajstić information content (AvgIpc) is 2.53. The molecule has 108 valence electrons. The number of fused-ring (bicyclic) bond motifs is 1. The van der Waals surface area contributed by atoms with Gasteiger partial charge in [0.25, 0.3) is 0 Å². The molecule has 2 aromatic rings. The molecule has 0 fully saturated rings. The van der Waals surface area contributed by atoms with Crippen molar-refractivity contribution in [1.29, 1.82) is 0 Å². The second-order valence-electron chi connectivity index (χ2n) is 4.56. The lowest BCUT2D eigenvalue weighted by atomic mass is 10.1. The van der Waals surface area contributed by atoms with Gasteiger partial charge in [-0.3, -0.25) is 0 Å². The van der Waals surface area contributed by atoms with Crippen LogP contribution >= 0.6 is 11.8 Å². The highest BCUT2D eigenvalue weighted by Gasteiger charge is 2.13. The Kier molecular flexibility index (Phi) is 4.01. The summed E-state index contributed by atoms with van der Waals surface area (Å²) in [5.74, 6) is 1.21. The first-order valence-corrected chi connectivity index (χ1v) is 7.56. The summed E-state index contributed by atoms with van der Waals surface area (Å²) in [6.07, 6.45) is 0. The molecular weight excluding hydrogens is 288 g/mol. The van der Waals surface area contributed by atoms with E-state index < -0.39 is 5.97 Å². The van der Waals surface area contributed by atoms with Gasteiger partial charge in [-0.05, 0) is 29.8 Å². The minimum Gasteiger partial charge on any atom is -0.486 e. The highest BCUT2D eigenvalue weighted by molar-refractivity contribution is 7.98. The molecule has 0 atom stereocenters. The van der Waals surface area contributed by atoms with Crippen LogP contribution in [0.4, 0.5) is 0 Å². The third kappa shape index (κ3) is 3.13. The van der Waals surface area contributed by atoms with Gasteiger partial charge in [0, 0.05) is 10.6 Å². The largest absolute Gasteiger partial charge is 0.486 e. The van der Waals surface area contributed by atoms with Crippen molar-refractivity contribution in [3.63, 3.8) is 0 Å². The lowest BCUT2D eigenvalue weighted by Crippen LogP contribution is -2.15. The zero-order valence-corrected chi connectivity index (χ0v) is 12.1. The smallest absolute Gasteiger partial charge is 0.335 e. The molecule has 0 saturated heterocycles. The van der Waals surface area contributed by atoms with E-state index in [-0.39, 0.29) is 0 Å². The van der Waals surface area contributed by atoms with Crippen LogP contribution in [0.1, 0.15) is 15.9 Å². The van der Waals surface area contributed by atoms with Crippen molar-refractivity contribution in [2.75, 3.05) is 13.2 Å². The molecule has 1 aliphatic rings. The van der Waals surface area contributed by atoms with Crippen LogP contribution in [0.25, 0.3) is 0 Å². The zero-order chi connectivity index (χ0) is 14.7. The molecule has 0 saturated carbocycles. The number of hydrogen-bond donors (Lipinski definition) is 1. The fourth-order valence-electron chi connectivity index (χ4n) is 2.13. The lowest BCUT2D eigenvalue weighted by molar-refractivity contribution is 0.0696. The van der Waals surface area contributed by atoms with Gasteiger partial charge in [-0.2, -0.15) is 0 Å². The number of rotatable bonds is 4. The highest BCUT2D eigenvalue weighted by atomic mass is 32.2. The fourth-order valence-corrected chi connectivity index (χ4v) is 3.06. The molecule has 4 nitrogen and oxygen atoms in total. The van der Waals surface area contributed by atoms with E-state index in [1.165, 1.54) is 0 Å². The number of carboxylic acids is 1. The van der Waals surface area contributed by atoms with Gasteiger partial charge in [0.05, 0.1) is 5.56 Å². The third-order valence-corrected chi connectivity index (χ3v) is 4.20. The number of carbonyl (C=O) groups is 1. The molecule has 2 aromatic carbocycles. The minimum absolute atomic E-state index is 0.350. The van der Waals surface area contributed by atoms with Crippen LogP contribution < -0.4 is 9.47 Å². The number of hydrogen-bond acceptors (Lipinski definition) is 4. The van der Waals surface area contributed by atoms with Crippen molar-refractivity contribution < 1.29 is 19.4 Å². The predicted octanol–water partition coefficient (Wildman–Crippen LogP) is 3.45. The first kappa shape index (κ1) is 13.8. The molecule has 1 heterocycles. The number of thioether (sulfide) groups is 1. The molecule has 5 heteroatoms. The number of ether oxygens (including phenoxy) is 2. The van der Waals surface area contributed by atoms with E-state index in [0.717, 1.165) is 22.0 Å². The van der Waals surface area contributed by atoms with E-state index in [1.807, 2.05) is 30.3 Å². The first-order valence-electron chi connectivity index (χ1n) is 6.58. The van der Waals surface area contributed by atoms with Crippen LogP contribution in [-0.4, -0.2) is 24.3 Å². The summed E-state index contributed by atoms with van der Waals surface area (Å²) in [5, 5.41) is 9.18. The second-order valence-corrected chi connectivity index (χ2v) is 5.61. The minimum atomic E-state index is -0.895. The van der Waals surface area contributed by atoms with Crippen molar-refractivity contribution in [3.8, 4) is 11.5 Å². The Bertz CT molecular complexity index is 669. The summed E-state index contributed by atoms with van der Waals surface area (Å²) in [6, 6.07) is 12.8. The Morgan fingerprint density at radius 2 is 1.86 bits per heavy atom. The molecule has 3 rings (SSSR count). The van der Waals surface area contributed by atoms with Gasteiger partial charge in [-0.15, -0.1) is 11.8 Å². The van der Waals surface area contributed by atoms with Crippen molar-refractivity contribution in [3.05, 3.63) is 53.6 Å². The summed E-state index contributed by atoms with van der Waals surface area (Å²) < 4.78 is 11.0. The van der Waals surface area contributed by atoms with Crippen molar-refractivity contribution >= 4 is 17.7 Å². The van der Waals surface area contributed by atoms with Crippen molar-refractivity contribution in [1.82, 2.24) is 0 Å². The predicted molar refractivity (Wildman–Crippen MR) is 80.4 cm³/mol. The van der Waals surface area contributed by atoms with E-state index in [0.29, 0.717) is 24.5 Å².